The Hall–Kier alpha value is -1.39. The lowest BCUT2D eigenvalue weighted by Crippen LogP contribution is -2.48. The molecule has 1 aliphatic heterocycles. The largest absolute Gasteiger partial charge is 0.376 e. The van der Waals surface area contributed by atoms with E-state index < -0.39 is 0 Å². The molecule has 1 aromatic rings. The summed E-state index contributed by atoms with van der Waals surface area (Å²) in [6.07, 6.45) is 0.292. The maximum Gasteiger partial charge on any atom is 0.239 e. The zero-order valence-corrected chi connectivity index (χ0v) is 21.3. The van der Waals surface area contributed by atoms with E-state index in [9.17, 15) is 4.79 Å². The third-order valence-electron chi connectivity index (χ3n) is 4.42. The van der Waals surface area contributed by atoms with E-state index in [1.165, 1.54) is 5.56 Å². The van der Waals surface area contributed by atoms with Gasteiger partial charge in [-0.1, -0.05) is 24.3 Å². The first-order valence-electron chi connectivity index (χ1n) is 10.5. The molecule has 3 N–H and O–H groups in total. The van der Waals surface area contributed by atoms with Crippen molar-refractivity contribution >= 4 is 35.8 Å². The molecule has 1 amide bonds. The zero-order chi connectivity index (χ0) is 21.3. The number of aliphatic imine (C=N–C) groups is 1. The summed E-state index contributed by atoms with van der Waals surface area (Å²) >= 11 is 0. The molecule has 0 bridgehead atoms. The number of benzene rings is 1. The standard InChI is InChI=1S/C22H37N5O2.HI/c1-6-23-21(25-14-20(28)26-22(3,4)5)24-13-18-8-7-9-19(12-18)16-27-10-11-29-17(2)15-27;/h7-9,12,17H,6,10-11,13-16H2,1-5H3,(H,26,28)(H2,23,24,25);1H. The van der Waals surface area contributed by atoms with E-state index in [2.05, 4.69) is 57.0 Å². The normalized spacial score (nSPS) is 17.8. The molecule has 30 heavy (non-hydrogen) atoms. The summed E-state index contributed by atoms with van der Waals surface area (Å²) in [5, 5.41) is 9.24. The number of guanidine groups is 1. The van der Waals surface area contributed by atoms with Crippen LogP contribution in [0.3, 0.4) is 0 Å². The van der Waals surface area contributed by atoms with Crippen molar-refractivity contribution in [3.05, 3.63) is 35.4 Å². The van der Waals surface area contributed by atoms with E-state index >= 15 is 0 Å². The molecule has 1 saturated heterocycles. The average Bonchev–Trinajstić information content (AvgIpc) is 2.63. The van der Waals surface area contributed by atoms with Gasteiger partial charge in [0, 0.05) is 31.7 Å². The highest BCUT2D eigenvalue weighted by atomic mass is 127. The van der Waals surface area contributed by atoms with Crippen LogP contribution in [0.5, 0.6) is 0 Å². The van der Waals surface area contributed by atoms with Crippen LogP contribution in [-0.2, 0) is 22.6 Å². The van der Waals surface area contributed by atoms with Crippen LogP contribution >= 0.6 is 24.0 Å². The number of morpholine rings is 1. The molecule has 1 aromatic carbocycles. The van der Waals surface area contributed by atoms with Crippen LogP contribution in [0, 0.1) is 0 Å². The fourth-order valence-electron chi connectivity index (χ4n) is 3.26. The van der Waals surface area contributed by atoms with Crippen LogP contribution < -0.4 is 16.0 Å². The lowest BCUT2D eigenvalue weighted by molar-refractivity contribution is -0.121. The Morgan fingerprint density at radius 3 is 2.67 bits per heavy atom. The lowest BCUT2D eigenvalue weighted by Gasteiger charge is -2.31. The van der Waals surface area contributed by atoms with Crippen LogP contribution in [-0.4, -0.2) is 61.2 Å². The van der Waals surface area contributed by atoms with Crippen molar-refractivity contribution in [2.45, 2.75) is 59.4 Å². The molecular weight excluding hydrogens is 493 g/mol. The molecule has 0 radical (unpaired) electrons. The number of hydrogen-bond acceptors (Lipinski definition) is 4. The number of ether oxygens (including phenoxy) is 1. The van der Waals surface area contributed by atoms with Crippen molar-refractivity contribution in [2.24, 2.45) is 4.99 Å². The Balaban J connectivity index is 0.00000450. The molecule has 0 saturated carbocycles. The topological polar surface area (TPSA) is 78.0 Å². The fourth-order valence-corrected chi connectivity index (χ4v) is 3.26. The molecule has 0 spiro atoms. The minimum absolute atomic E-state index is 0. The van der Waals surface area contributed by atoms with Gasteiger partial charge in [0.2, 0.25) is 5.91 Å². The summed E-state index contributed by atoms with van der Waals surface area (Å²) in [5.74, 6) is 0.591. The number of hydrogen-bond donors (Lipinski definition) is 3. The summed E-state index contributed by atoms with van der Waals surface area (Å²) in [6.45, 7) is 15.2. The Morgan fingerprint density at radius 1 is 1.27 bits per heavy atom. The van der Waals surface area contributed by atoms with E-state index in [0.717, 1.165) is 38.3 Å². The minimum atomic E-state index is -0.243. The maximum atomic E-state index is 12.0. The minimum Gasteiger partial charge on any atom is -0.376 e. The number of rotatable bonds is 7. The average molecular weight is 531 g/mol. The number of carbonyl (C=O) groups is 1. The number of halogens is 1. The van der Waals surface area contributed by atoms with Crippen molar-refractivity contribution in [2.75, 3.05) is 32.8 Å². The third-order valence-corrected chi connectivity index (χ3v) is 4.42. The SMILES string of the molecule is CCNC(=NCc1cccc(CN2CCOC(C)C2)c1)NCC(=O)NC(C)(C)C.I. The van der Waals surface area contributed by atoms with Gasteiger partial charge in [0.05, 0.1) is 25.8 Å². The van der Waals surface area contributed by atoms with Crippen molar-refractivity contribution in [3.63, 3.8) is 0 Å². The van der Waals surface area contributed by atoms with E-state index in [1.807, 2.05) is 27.7 Å². The smallest absolute Gasteiger partial charge is 0.239 e. The molecular formula is C22H38IN5O2. The number of nitrogens with zero attached hydrogens (tertiary/aromatic N) is 2. The summed E-state index contributed by atoms with van der Waals surface area (Å²) in [4.78, 5) is 19.1. The van der Waals surface area contributed by atoms with Crippen molar-refractivity contribution in [1.82, 2.24) is 20.9 Å². The van der Waals surface area contributed by atoms with Gasteiger partial charge in [-0.15, -0.1) is 24.0 Å². The molecule has 2 rings (SSSR count). The Kier molecular flexibility index (Phi) is 11.6. The first-order chi connectivity index (χ1) is 13.7. The molecule has 1 heterocycles. The van der Waals surface area contributed by atoms with Crippen LogP contribution in [0.2, 0.25) is 0 Å². The van der Waals surface area contributed by atoms with Gasteiger partial charge < -0.3 is 20.7 Å². The van der Waals surface area contributed by atoms with Crippen LogP contribution in [0.4, 0.5) is 0 Å². The van der Waals surface area contributed by atoms with Crippen molar-refractivity contribution in [1.29, 1.82) is 0 Å². The second-order valence-electron chi connectivity index (χ2n) is 8.58. The first kappa shape index (κ1) is 26.6. The maximum absolute atomic E-state index is 12.0. The van der Waals surface area contributed by atoms with Gasteiger partial charge in [0.15, 0.2) is 5.96 Å². The van der Waals surface area contributed by atoms with Crippen LogP contribution in [0.1, 0.15) is 45.7 Å². The van der Waals surface area contributed by atoms with Gasteiger partial charge in [-0.25, -0.2) is 4.99 Å². The van der Waals surface area contributed by atoms with Gasteiger partial charge >= 0.3 is 0 Å². The highest BCUT2D eigenvalue weighted by Crippen LogP contribution is 2.12. The monoisotopic (exact) mass is 531 g/mol. The molecule has 1 fully saturated rings. The van der Waals surface area contributed by atoms with E-state index in [4.69, 9.17) is 4.74 Å². The Labute approximate surface area is 198 Å². The summed E-state index contributed by atoms with van der Waals surface area (Å²) in [7, 11) is 0. The van der Waals surface area contributed by atoms with Gasteiger partial charge in [-0.3, -0.25) is 9.69 Å². The van der Waals surface area contributed by atoms with Crippen molar-refractivity contribution in [3.8, 4) is 0 Å². The van der Waals surface area contributed by atoms with Gasteiger partial charge in [0.25, 0.3) is 0 Å². The highest BCUT2D eigenvalue weighted by Gasteiger charge is 2.16. The molecule has 7 nitrogen and oxygen atoms in total. The zero-order valence-electron chi connectivity index (χ0n) is 19.0. The highest BCUT2D eigenvalue weighted by molar-refractivity contribution is 14.0. The van der Waals surface area contributed by atoms with Gasteiger partial charge in [0.1, 0.15) is 0 Å². The summed E-state index contributed by atoms with van der Waals surface area (Å²) in [6, 6.07) is 8.54. The fraction of sp³-hybridized carbons (Fsp3) is 0.636. The lowest BCUT2D eigenvalue weighted by atomic mass is 10.1. The summed E-state index contributed by atoms with van der Waals surface area (Å²) < 4.78 is 5.62. The second kappa shape index (κ2) is 13.1. The van der Waals surface area contributed by atoms with Crippen LogP contribution in [0.25, 0.3) is 0 Å². The predicted octanol–water partition coefficient (Wildman–Crippen LogP) is 2.50. The molecule has 0 aliphatic carbocycles. The molecule has 1 aliphatic rings. The van der Waals surface area contributed by atoms with E-state index in [0.29, 0.717) is 18.6 Å². The third kappa shape index (κ3) is 10.6. The quantitative estimate of drug-likeness (QED) is 0.287. The van der Waals surface area contributed by atoms with Gasteiger partial charge in [-0.05, 0) is 45.7 Å². The molecule has 0 aromatic heterocycles. The second-order valence-corrected chi connectivity index (χ2v) is 8.58. The Bertz CT molecular complexity index is 690. The van der Waals surface area contributed by atoms with E-state index in [-0.39, 0.29) is 42.0 Å². The van der Waals surface area contributed by atoms with Crippen LogP contribution in [0.15, 0.2) is 29.3 Å². The molecule has 170 valence electrons. The van der Waals surface area contributed by atoms with Gasteiger partial charge in [-0.2, -0.15) is 0 Å². The molecule has 8 heteroatoms. The van der Waals surface area contributed by atoms with Crippen molar-refractivity contribution < 1.29 is 9.53 Å². The summed E-state index contributed by atoms with van der Waals surface area (Å²) in [5.41, 5.74) is 2.20. The number of nitrogens with one attached hydrogen (secondary N) is 3. The number of amides is 1. The van der Waals surface area contributed by atoms with E-state index in [1.54, 1.807) is 0 Å². The molecule has 1 unspecified atom stereocenters. The predicted molar refractivity (Wildman–Crippen MR) is 133 cm³/mol. The number of carbonyl (C=O) groups excluding carboxylic acids is 1. The first-order valence-corrected chi connectivity index (χ1v) is 10.5. The Morgan fingerprint density at radius 2 is 2.00 bits per heavy atom. The molecule has 1 atom stereocenters.